The number of carbonyl (C=O) groups is 1. The highest BCUT2D eigenvalue weighted by atomic mass is 16.2. The summed E-state index contributed by atoms with van der Waals surface area (Å²) in [4.78, 5) is 13.8. The minimum Gasteiger partial charge on any atom is -0.311 e. The number of rotatable bonds is 6. The average molecular weight is 355 g/mol. The second-order valence-corrected chi connectivity index (χ2v) is 6.61. The lowest BCUT2D eigenvalue weighted by molar-refractivity contribution is -0.122. The van der Waals surface area contributed by atoms with Crippen LogP contribution in [0.5, 0.6) is 0 Å². The molecule has 134 valence electrons. The summed E-state index contributed by atoms with van der Waals surface area (Å²) in [6.07, 6.45) is 3.63. The quantitative estimate of drug-likeness (QED) is 0.499. The van der Waals surface area contributed by atoms with E-state index in [4.69, 9.17) is 0 Å². The molecule has 0 radical (unpaired) electrons. The molecule has 0 aliphatic heterocycles. The third-order valence-corrected chi connectivity index (χ3v) is 4.52. The van der Waals surface area contributed by atoms with Gasteiger partial charge in [-0.1, -0.05) is 48.5 Å². The van der Waals surface area contributed by atoms with Crippen LogP contribution in [0, 0.1) is 5.92 Å². The molecule has 3 aromatic rings. The smallest absolute Gasteiger partial charge is 0.243 e. The van der Waals surface area contributed by atoms with Crippen LogP contribution in [0.1, 0.15) is 18.4 Å². The summed E-state index contributed by atoms with van der Waals surface area (Å²) in [5, 5.41) is 4.06. The number of para-hydroxylation sites is 2. The Morgan fingerprint density at radius 3 is 1.85 bits per heavy atom. The van der Waals surface area contributed by atoms with Crippen molar-refractivity contribution in [1.82, 2.24) is 5.43 Å². The molecule has 4 heteroatoms. The number of benzene rings is 3. The van der Waals surface area contributed by atoms with E-state index in [0.717, 1.165) is 35.5 Å². The molecule has 1 amide bonds. The highest BCUT2D eigenvalue weighted by molar-refractivity contribution is 5.85. The number of nitrogens with one attached hydrogen (secondary N) is 1. The van der Waals surface area contributed by atoms with Gasteiger partial charge >= 0.3 is 0 Å². The molecular formula is C23H21N3O. The van der Waals surface area contributed by atoms with Gasteiger partial charge in [0, 0.05) is 23.0 Å². The summed E-state index contributed by atoms with van der Waals surface area (Å²) < 4.78 is 0. The molecule has 27 heavy (non-hydrogen) atoms. The number of hydrogen-bond donors (Lipinski definition) is 1. The molecular weight excluding hydrogens is 334 g/mol. The highest BCUT2D eigenvalue weighted by Gasteiger charge is 2.29. The Morgan fingerprint density at radius 2 is 1.33 bits per heavy atom. The predicted octanol–water partition coefficient (Wildman–Crippen LogP) is 5.02. The molecule has 1 fully saturated rings. The van der Waals surface area contributed by atoms with Crippen molar-refractivity contribution in [2.45, 2.75) is 12.8 Å². The van der Waals surface area contributed by atoms with Gasteiger partial charge in [-0.15, -0.1) is 0 Å². The van der Waals surface area contributed by atoms with Crippen LogP contribution < -0.4 is 10.3 Å². The Kier molecular flexibility index (Phi) is 4.97. The first-order chi connectivity index (χ1) is 13.3. The van der Waals surface area contributed by atoms with Gasteiger partial charge in [0.15, 0.2) is 0 Å². The van der Waals surface area contributed by atoms with Crippen LogP contribution in [0.25, 0.3) is 0 Å². The summed E-state index contributed by atoms with van der Waals surface area (Å²) in [6, 6.07) is 28.7. The standard InChI is InChI=1S/C23H21N3O/c27-23(19-13-14-19)25-24-17-18-11-15-22(16-12-18)26(20-7-3-1-4-8-20)21-9-5-2-6-10-21/h1-12,15-17,19H,13-14H2,(H,25,27). The van der Waals surface area contributed by atoms with Gasteiger partial charge in [-0.3, -0.25) is 4.79 Å². The van der Waals surface area contributed by atoms with Gasteiger partial charge in [0.05, 0.1) is 6.21 Å². The predicted molar refractivity (Wildman–Crippen MR) is 110 cm³/mol. The van der Waals surface area contributed by atoms with E-state index in [1.807, 2.05) is 48.5 Å². The first kappa shape index (κ1) is 17.0. The van der Waals surface area contributed by atoms with Crippen molar-refractivity contribution >= 4 is 29.2 Å². The van der Waals surface area contributed by atoms with Gasteiger partial charge in [0.1, 0.15) is 0 Å². The van der Waals surface area contributed by atoms with Crippen LogP contribution >= 0.6 is 0 Å². The fourth-order valence-corrected chi connectivity index (χ4v) is 2.92. The van der Waals surface area contributed by atoms with E-state index >= 15 is 0 Å². The summed E-state index contributed by atoms with van der Waals surface area (Å²) in [6.45, 7) is 0. The SMILES string of the molecule is O=C(NN=Cc1ccc(N(c2ccccc2)c2ccccc2)cc1)C1CC1. The number of anilines is 3. The number of hydrazone groups is 1. The first-order valence-corrected chi connectivity index (χ1v) is 9.14. The van der Waals surface area contributed by atoms with Crippen molar-refractivity contribution in [3.8, 4) is 0 Å². The number of carbonyl (C=O) groups excluding carboxylic acids is 1. The molecule has 1 aliphatic carbocycles. The molecule has 1 saturated carbocycles. The lowest BCUT2D eigenvalue weighted by atomic mass is 10.1. The Hall–Kier alpha value is -3.40. The van der Waals surface area contributed by atoms with E-state index in [-0.39, 0.29) is 11.8 Å². The second-order valence-electron chi connectivity index (χ2n) is 6.61. The van der Waals surface area contributed by atoms with Crippen LogP contribution in [-0.2, 0) is 4.79 Å². The molecule has 0 saturated heterocycles. The maximum Gasteiger partial charge on any atom is 0.243 e. The van der Waals surface area contributed by atoms with Gasteiger partial charge < -0.3 is 4.90 Å². The zero-order chi connectivity index (χ0) is 18.5. The van der Waals surface area contributed by atoms with Crippen LogP contribution in [0.15, 0.2) is 90.0 Å². The maximum atomic E-state index is 11.6. The molecule has 4 nitrogen and oxygen atoms in total. The third-order valence-electron chi connectivity index (χ3n) is 4.52. The minimum atomic E-state index is 0.0159. The zero-order valence-corrected chi connectivity index (χ0v) is 15.0. The topological polar surface area (TPSA) is 44.7 Å². The van der Waals surface area contributed by atoms with Crippen LogP contribution in [0.2, 0.25) is 0 Å². The van der Waals surface area contributed by atoms with Crippen LogP contribution in [0.4, 0.5) is 17.1 Å². The van der Waals surface area contributed by atoms with Crippen molar-refractivity contribution in [2.75, 3.05) is 4.90 Å². The molecule has 0 unspecified atom stereocenters. The van der Waals surface area contributed by atoms with Gasteiger partial charge in [0.2, 0.25) is 5.91 Å². The van der Waals surface area contributed by atoms with Gasteiger partial charge in [-0.05, 0) is 54.8 Å². The third kappa shape index (κ3) is 4.23. The monoisotopic (exact) mass is 355 g/mol. The second kappa shape index (κ2) is 7.87. The molecule has 0 bridgehead atoms. The first-order valence-electron chi connectivity index (χ1n) is 9.14. The summed E-state index contributed by atoms with van der Waals surface area (Å²) in [5.41, 5.74) is 6.80. The molecule has 0 aromatic heterocycles. The van der Waals surface area contributed by atoms with Crippen LogP contribution in [0.3, 0.4) is 0 Å². The lowest BCUT2D eigenvalue weighted by Gasteiger charge is -2.25. The highest BCUT2D eigenvalue weighted by Crippen LogP contribution is 2.33. The van der Waals surface area contributed by atoms with Crippen LogP contribution in [-0.4, -0.2) is 12.1 Å². The summed E-state index contributed by atoms with van der Waals surface area (Å²) in [5.74, 6) is 0.178. The van der Waals surface area contributed by atoms with E-state index in [1.165, 1.54) is 0 Å². The van der Waals surface area contributed by atoms with Crippen molar-refractivity contribution < 1.29 is 4.79 Å². The molecule has 1 aliphatic rings. The van der Waals surface area contributed by atoms with Crippen molar-refractivity contribution in [3.63, 3.8) is 0 Å². The Balaban J connectivity index is 1.55. The van der Waals surface area contributed by atoms with Crippen molar-refractivity contribution in [1.29, 1.82) is 0 Å². The molecule has 3 aromatic carbocycles. The molecule has 0 heterocycles. The van der Waals surface area contributed by atoms with E-state index in [9.17, 15) is 4.79 Å². The van der Waals surface area contributed by atoms with E-state index in [0.29, 0.717) is 0 Å². The normalized spacial score (nSPS) is 13.5. The molecule has 0 atom stereocenters. The molecule has 1 N–H and O–H groups in total. The largest absolute Gasteiger partial charge is 0.311 e. The fourth-order valence-electron chi connectivity index (χ4n) is 2.92. The van der Waals surface area contributed by atoms with Gasteiger partial charge in [-0.2, -0.15) is 5.10 Å². The van der Waals surface area contributed by atoms with E-state index < -0.39 is 0 Å². The molecule has 0 spiro atoms. The van der Waals surface area contributed by atoms with Gasteiger partial charge in [-0.25, -0.2) is 5.43 Å². The number of nitrogens with zero attached hydrogens (tertiary/aromatic N) is 2. The van der Waals surface area contributed by atoms with E-state index in [2.05, 4.69) is 51.8 Å². The number of hydrogen-bond acceptors (Lipinski definition) is 3. The maximum absolute atomic E-state index is 11.6. The fraction of sp³-hybridized carbons (Fsp3) is 0.130. The van der Waals surface area contributed by atoms with E-state index in [1.54, 1.807) is 6.21 Å². The Bertz CT molecular complexity index is 877. The zero-order valence-electron chi connectivity index (χ0n) is 15.0. The summed E-state index contributed by atoms with van der Waals surface area (Å²) in [7, 11) is 0. The van der Waals surface area contributed by atoms with Crippen molar-refractivity contribution in [2.24, 2.45) is 11.0 Å². The Labute approximate surface area is 159 Å². The summed E-state index contributed by atoms with van der Waals surface area (Å²) >= 11 is 0. The Morgan fingerprint density at radius 1 is 0.815 bits per heavy atom. The number of amides is 1. The van der Waals surface area contributed by atoms with Gasteiger partial charge in [0.25, 0.3) is 0 Å². The minimum absolute atomic E-state index is 0.0159. The lowest BCUT2D eigenvalue weighted by Crippen LogP contribution is -2.18. The average Bonchev–Trinajstić information content (AvgIpc) is 3.56. The van der Waals surface area contributed by atoms with Crippen molar-refractivity contribution in [3.05, 3.63) is 90.5 Å². The molecule has 4 rings (SSSR count).